The third-order valence-electron chi connectivity index (χ3n) is 4.11. The Morgan fingerprint density at radius 2 is 1.73 bits per heavy atom. The van der Waals surface area contributed by atoms with Crippen molar-refractivity contribution >= 4 is 5.91 Å². The van der Waals surface area contributed by atoms with Gasteiger partial charge in [0.15, 0.2) is 0 Å². The standard InChI is InChI=1S/C16H21F2NO.C2H6/c1-3-15(12-8-13(17)10-14(18)9-12)19(4-2)16(20)11-6-5-7-11;1-2/h8-11,15H,3-7H2,1-2H3;1-2H3. The maximum Gasteiger partial charge on any atom is 0.226 e. The Morgan fingerprint density at radius 3 is 2.09 bits per heavy atom. The van der Waals surface area contributed by atoms with E-state index in [0.29, 0.717) is 18.5 Å². The van der Waals surface area contributed by atoms with E-state index < -0.39 is 11.6 Å². The van der Waals surface area contributed by atoms with Gasteiger partial charge < -0.3 is 4.90 Å². The number of amides is 1. The van der Waals surface area contributed by atoms with Crippen molar-refractivity contribution in [3.05, 3.63) is 35.4 Å². The van der Waals surface area contributed by atoms with Crippen molar-refractivity contribution in [1.82, 2.24) is 4.90 Å². The number of halogens is 2. The first-order valence-electron chi connectivity index (χ1n) is 8.33. The van der Waals surface area contributed by atoms with Crippen LogP contribution in [0.15, 0.2) is 18.2 Å². The highest BCUT2D eigenvalue weighted by atomic mass is 19.1. The summed E-state index contributed by atoms with van der Waals surface area (Å²) in [5, 5.41) is 0. The summed E-state index contributed by atoms with van der Waals surface area (Å²) in [7, 11) is 0. The lowest BCUT2D eigenvalue weighted by Gasteiger charge is -2.36. The summed E-state index contributed by atoms with van der Waals surface area (Å²) in [6.45, 7) is 8.41. The van der Waals surface area contributed by atoms with Crippen molar-refractivity contribution in [2.24, 2.45) is 5.92 Å². The molecule has 1 saturated carbocycles. The molecule has 4 heteroatoms. The van der Waals surface area contributed by atoms with Gasteiger partial charge in [0, 0.05) is 18.5 Å². The molecule has 1 aromatic rings. The molecule has 1 aliphatic rings. The molecule has 1 fully saturated rings. The summed E-state index contributed by atoms with van der Waals surface area (Å²) in [5.74, 6) is -0.964. The maximum absolute atomic E-state index is 13.4. The molecule has 0 bridgehead atoms. The van der Waals surface area contributed by atoms with Crippen LogP contribution in [-0.2, 0) is 4.79 Å². The largest absolute Gasteiger partial charge is 0.336 e. The average molecular weight is 311 g/mol. The van der Waals surface area contributed by atoms with Crippen LogP contribution in [0.1, 0.15) is 65.0 Å². The molecule has 22 heavy (non-hydrogen) atoms. The van der Waals surface area contributed by atoms with Crippen LogP contribution in [-0.4, -0.2) is 17.4 Å². The van der Waals surface area contributed by atoms with Gasteiger partial charge in [0.05, 0.1) is 6.04 Å². The highest BCUT2D eigenvalue weighted by molar-refractivity contribution is 5.80. The van der Waals surface area contributed by atoms with Crippen LogP contribution >= 0.6 is 0 Å². The number of benzene rings is 1. The molecule has 1 aliphatic carbocycles. The first-order valence-corrected chi connectivity index (χ1v) is 8.33. The topological polar surface area (TPSA) is 20.3 Å². The van der Waals surface area contributed by atoms with E-state index in [-0.39, 0.29) is 17.9 Å². The first-order chi connectivity index (χ1) is 10.6. The van der Waals surface area contributed by atoms with Gasteiger partial charge in [0.1, 0.15) is 11.6 Å². The Bertz CT molecular complexity index is 466. The zero-order valence-corrected chi connectivity index (χ0v) is 14.0. The van der Waals surface area contributed by atoms with Crippen molar-refractivity contribution in [3.63, 3.8) is 0 Å². The van der Waals surface area contributed by atoms with Crippen LogP contribution in [0.25, 0.3) is 0 Å². The molecule has 1 unspecified atom stereocenters. The van der Waals surface area contributed by atoms with Crippen molar-refractivity contribution < 1.29 is 13.6 Å². The highest BCUT2D eigenvalue weighted by Gasteiger charge is 2.32. The Labute approximate surface area is 132 Å². The molecule has 0 aromatic heterocycles. The van der Waals surface area contributed by atoms with Crippen molar-refractivity contribution in [3.8, 4) is 0 Å². The minimum atomic E-state index is -0.592. The van der Waals surface area contributed by atoms with Gasteiger partial charge in [0.25, 0.3) is 0 Å². The number of carbonyl (C=O) groups is 1. The fourth-order valence-corrected chi connectivity index (χ4v) is 2.82. The van der Waals surface area contributed by atoms with E-state index in [9.17, 15) is 13.6 Å². The minimum absolute atomic E-state index is 0.0995. The smallest absolute Gasteiger partial charge is 0.226 e. The summed E-state index contributed by atoms with van der Waals surface area (Å²) in [4.78, 5) is 14.2. The second kappa shape index (κ2) is 8.86. The molecule has 2 rings (SSSR count). The Hall–Kier alpha value is -1.45. The summed E-state index contributed by atoms with van der Waals surface area (Å²) in [6, 6.07) is 3.26. The first kappa shape index (κ1) is 18.6. The SMILES string of the molecule is CC.CCC(c1cc(F)cc(F)c1)N(CC)C(=O)C1CCC1. The fraction of sp³-hybridized carbons (Fsp3) is 0.611. The molecule has 1 aromatic carbocycles. The predicted molar refractivity (Wildman–Crippen MR) is 85.5 cm³/mol. The number of rotatable bonds is 5. The van der Waals surface area contributed by atoms with Crippen LogP contribution in [0.2, 0.25) is 0 Å². The third-order valence-corrected chi connectivity index (χ3v) is 4.11. The molecule has 0 radical (unpaired) electrons. The van der Waals surface area contributed by atoms with Gasteiger partial charge in [-0.1, -0.05) is 27.2 Å². The highest BCUT2D eigenvalue weighted by Crippen LogP contribution is 2.33. The normalized spacial score (nSPS) is 15.4. The molecule has 0 aliphatic heterocycles. The van der Waals surface area contributed by atoms with Gasteiger partial charge in [-0.25, -0.2) is 8.78 Å². The zero-order chi connectivity index (χ0) is 16.7. The summed E-state index contributed by atoms with van der Waals surface area (Å²) < 4.78 is 26.8. The number of nitrogens with zero attached hydrogens (tertiary/aromatic N) is 1. The van der Waals surface area contributed by atoms with E-state index in [2.05, 4.69) is 0 Å². The molecule has 0 N–H and O–H groups in total. The van der Waals surface area contributed by atoms with Crippen LogP contribution in [0.5, 0.6) is 0 Å². The Morgan fingerprint density at radius 1 is 1.18 bits per heavy atom. The molecule has 1 amide bonds. The zero-order valence-electron chi connectivity index (χ0n) is 14.0. The number of carbonyl (C=O) groups excluding carboxylic acids is 1. The fourth-order valence-electron chi connectivity index (χ4n) is 2.82. The van der Waals surface area contributed by atoms with Crippen LogP contribution in [0, 0.1) is 17.6 Å². The lowest BCUT2D eigenvalue weighted by Crippen LogP contribution is -2.41. The van der Waals surface area contributed by atoms with Gasteiger partial charge >= 0.3 is 0 Å². The van der Waals surface area contributed by atoms with Crippen molar-refractivity contribution in [1.29, 1.82) is 0 Å². The van der Waals surface area contributed by atoms with E-state index in [4.69, 9.17) is 0 Å². The maximum atomic E-state index is 13.4. The van der Waals surface area contributed by atoms with Crippen LogP contribution in [0.3, 0.4) is 0 Å². The number of hydrogen-bond acceptors (Lipinski definition) is 1. The van der Waals surface area contributed by atoms with Gasteiger partial charge in [-0.05, 0) is 43.9 Å². The molecule has 124 valence electrons. The Kier molecular flexibility index (Phi) is 7.49. The van der Waals surface area contributed by atoms with E-state index in [0.717, 1.165) is 25.3 Å². The average Bonchev–Trinajstić information content (AvgIpc) is 2.43. The summed E-state index contributed by atoms with van der Waals surface area (Å²) >= 11 is 0. The van der Waals surface area contributed by atoms with Gasteiger partial charge in [-0.3, -0.25) is 4.79 Å². The molecule has 0 spiro atoms. The molecule has 0 heterocycles. The van der Waals surface area contributed by atoms with Gasteiger partial charge in [-0.15, -0.1) is 0 Å². The molecular weight excluding hydrogens is 284 g/mol. The lowest BCUT2D eigenvalue weighted by molar-refractivity contribution is -0.140. The lowest BCUT2D eigenvalue weighted by atomic mass is 9.83. The van der Waals surface area contributed by atoms with Crippen LogP contribution < -0.4 is 0 Å². The van der Waals surface area contributed by atoms with Gasteiger partial charge in [-0.2, -0.15) is 0 Å². The number of hydrogen-bond donors (Lipinski definition) is 0. The van der Waals surface area contributed by atoms with E-state index in [1.807, 2.05) is 27.7 Å². The molecule has 2 nitrogen and oxygen atoms in total. The molecule has 1 atom stereocenters. The second-order valence-corrected chi connectivity index (χ2v) is 5.38. The van der Waals surface area contributed by atoms with E-state index in [1.54, 1.807) is 4.90 Å². The second-order valence-electron chi connectivity index (χ2n) is 5.38. The minimum Gasteiger partial charge on any atom is -0.336 e. The monoisotopic (exact) mass is 311 g/mol. The quantitative estimate of drug-likeness (QED) is 0.741. The van der Waals surface area contributed by atoms with Crippen molar-refractivity contribution in [2.75, 3.05) is 6.54 Å². The Balaban J connectivity index is 0.00000116. The predicted octanol–water partition coefficient (Wildman–Crippen LogP) is 5.09. The molecular formula is C18H27F2NO. The van der Waals surface area contributed by atoms with Crippen LogP contribution in [0.4, 0.5) is 8.78 Å². The third kappa shape index (κ3) is 4.28. The van der Waals surface area contributed by atoms with Crippen molar-refractivity contribution in [2.45, 2.75) is 59.4 Å². The van der Waals surface area contributed by atoms with E-state index >= 15 is 0 Å². The van der Waals surface area contributed by atoms with Gasteiger partial charge in [0.2, 0.25) is 5.91 Å². The van der Waals surface area contributed by atoms with E-state index in [1.165, 1.54) is 12.1 Å². The summed E-state index contributed by atoms with van der Waals surface area (Å²) in [5.41, 5.74) is 0.541. The molecule has 0 saturated heterocycles. The summed E-state index contributed by atoms with van der Waals surface area (Å²) in [6.07, 6.45) is 3.61.